The summed E-state index contributed by atoms with van der Waals surface area (Å²) in [6, 6.07) is 13.1. The van der Waals surface area contributed by atoms with Crippen molar-refractivity contribution in [1.82, 2.24) is 10.2 Å². The quantitative estimate of drug-likeness (QED) is 0.591. The summed E-state index contributed by atoms with van der Waals surface area (Å²) in [6.07, 6.45) is 2.72. The molecule has 2 N–H and O–H groups in total. The normalized spacial score (nSPS) is 16.2. The van der Waals surface area contributed by atoms with E-state index < -0.39 is 0 Å². The average Bonchev–Trinajstić information content (AvgIpc) is 2.77. The second kappa shape index (κ2) is 11.4. The minimum atomic E-state index is -0.261. The number of piperidine rings is 1. The molecule has 32 heavy (non-hydrogen) atoms. The molecule has 1 saturated heterocycles. The topological polar surface area (TPSA) is 79.9 Å². The van der Waals surface area contributed by atoms with E-state index in [0.717, 1.165) is 44.6 Å². The molecule has 0 saturated carbocycles. The van der Waals surface area contributed by atoms with Gasteiger partial charge in [-0.3, -0.25) is 9.59 Å². The molecule has 0 unspecified atom stereocenters. The van der Waals surface area contributed by atoms with Crippen LogP contribution in [0.25, 0.3) is 0 Å². The van der Waals surface area contributed by atoms with Crippen LogP contribution in [0.4, 0.5) is 5.69 Å². The SMILES string of the molecule is Cl.O=C1COc2c(cc(Cl)cc2C(=O)NC2CCN(CCCOc3ccccc3)CC2)N1. The Morgan fingerprint density at radius 1 is 1.22 bits per heavy atom. The fourth-order valence-corrected chi connectivity index (χ4v) is 4.11. The number of fused-ring (bicyclic) bond motifs is 1. The second-order valence-corrected chi connectivity index (χ2v) is 8.21. The average molecular weight is 480 g/mol. The zero-order valence-electron chi connectivity index (χ0n) is 17.6. The molecule has 0 atom stereocenters. The van der Waals surface area contributed by atoms with Gasteiger partial charge in [-0.15, -0.1) is 12.4 Å². The van der Waals surface area contributed by atoms with Crippen LogP contribution in [-0.4, -0.2) is 55.6 Å². The molecular weight excluding hydrogens is 453 g/mol. The van der Waals surface area contributed by atoms with E-state index >= 15 is 0 Å². The van der Waals surface area contributed by atoms with Gasteiger partial charge in [-0.05, 0) is 43.5 Å². The van der Waals surface area contributed by atoms with Crippen molar-refractivity contribution in [3.8, 4) is 11.5 Å². The Morgan fingerprint density at radius 2 is 1.97 bits per heavy atom. The first-order valence-electron chi connectivity index (χ1n) is 10.6. The second-order valence-electron chi connectivity index (χ2n) is 7.77. The van der Waals surface area contributed by atoms with Crippen LogP contribution in [-0.2, 0) is 4.79 Å². The van der Waals surface area contributed by atoms with E-state index in [2.05, 4.69) is 15.5 Å². The lowest BCUT2D eigenvalue weighted by Crippen LogP contribution is -2.45. The Bertz CT molecular complexity index is 934. The minimum absolute atomic E-state index is 0. The van der Waals surface area contributed by atoms with Crippen LogP contribution in [0.15, 0.2) is 42.5 Å². The molecule has 2 aromatic rings. The number of carbonyl (C=O) groups is 2. The van der Waals surface area contributed by atoms with Crippen molar-refractivity contribution in [2.75, 3.05) is 38.2 Å². The van der Waals surface area contributed by atoms with Crippen molar-refractivity contribution in [1.29, 1.82) is 0 Å². The number of ether oxygens (including phenoxy) is 2. The molecule has 0 aromatic heterocycles. The van der Waals surface area contributed by atoms with Crippen molar-refractivity contribution >= 4 is 41.5 Å². The maximum absolute atomic E-state index is 12.9. The Morgan fingerprint density at radius 3 is 2.72 bits per heavy atom. The standard InChI is InChI=1S/C23H26ClN3O4.ClH/c24-16-13-19(22-20(14-16)26-21(28)15-31-22)23(29)25-17-7-10-27(11-8-17)9-4-12-30-18-5-2-1-3-6-18;/h1-3,5-6,13-14,17H,4,7-12,15H2,(H,25,29)(H,26,28);1H. The maximum Gasteiger partial charge on any atom is 0.262 e. The van der Waals surface area contributed by atoms with Gasteiger partial charge in [0.15, 0.2) is 12.4 Å². The van der Waals surface area contributed by atoms with Gasteiger partial charge in [0.05, 0.1) is 17.9 Å². The summed E-state index contributed by atoms with van der Waals surface area (Å²) >= 11 is 6.13. The third-order valence-corrected chi connectivity index (χ3v) is 5.69. The summed E-state index contributed by atoms with van der Waals surface area (Å²) in [5, 5.41) is 6.16. The van der Waals surface area contributed by atoms with Crippen molar-refractivity contribution in [3.63, 3.8) is 0 Å². The smallest absolute Gasteiger partial charge is 0.262 e. The third kappa shape index (κ3) is 6.28. The van der Waals surface area contributed by atoms with Crippen LogP contribution in [0.3, 0.4) is 0 Å². The molecule has 4 rings (SSSR count). The number of anilines is 1. The zero-order chi connectivity index (χ0) is 21.6. The number of nitrogens with zero attached hydrogens (tertiary/aromatic N) is 1. The Labute approximate surface area is 198 Å². The number of hydrogen-bond donors (Lipinski definition) is 2. The van der Waals surface area contributed by atoms with E-state index in [0.29, 0.717) is 28.6 Å². The Balaban J connectivity index is 0.00000289. The number of amides is 2. The predicted molar refractivity (Wildman–Crippen MR) is 126 cm³/mol. The number of halogens is 2. The molecule has 2 aromatic carbocycles. The molecule has 2 aliphatic rings. The van der Waals surface area contributed by atoms with Crippen molar-refractivity contribution in [2.45, 2.75) is 25.3 Å². The lowest BCUT2D eigenvalue weighted by molar-refractivity contribution is -0.118. The van der Waals surface area contributed by atoms with Gasteiger partial charge < -0.3 is 25.0 Å². The molecular formula is C23H27Cl2N3O4. The zero-order valence-corrected chi connectivity index (χ0v) is 19.2. The van der Waals surface area contributed by atoms with Gasteiger partial charge >= 0.3 is 0 Å². The Hall–Kier alpha value is -2.48. The number of para-hydroxylation sites is 1. The number of hydrogen-bond acceptors (Lipinski definition) is 5. The van der Waals surface area contributed by atoms with Gasteiger partial charge in [0.25, 0.3) is 11.8 Å². The number of carbonyl (C=O) groups excluding carboxylic acids is 2. The molecule has 172 valence electrons. The molecule has 0 radical (unpaired) electrons. The molecule has 2 aliphatic heterocycles. The lowest BCUT2D eigenvalue weighted by atomic mass is 10.0. The number of benzene rings is 2. The van der Waals surface area contributed by atoms with Gasteiger partial charge in [0.2, 0.25) is 0 Å². The molecule has 1 fully saturated rings. The summed E-state index contributed by atoms with van der Waals surface area (Å²) in [5.41, 5.74) is 0.782. The number of likely N-dealkylation sites (tertiary alicyclic amines) is 1. The fourth-order valence-electron chi connectivity index (χ4n) is 3.89. The highest BCUT2D eigenvalue weighted by Crippen LogP contribution is 2.35. The van der Waals surface area contributed by atoms with Crippen molar-refractivity contribution in [3.05, 3.63) is 53.1 Å². The van der Waals surface area contributed by atoms with Crippen LogP contribution >= 0.6 is 24.0 Å². The summed E-state index contributed by atoms with van der Waals surface area (Å²) in [6.45, 7) is 3.41. The van der Waals surface area contributed by atoms with Gasteiger partial charge in [-0.25, -0.2) is 0 Å². The summed E-state index contributed by atoms with van der Waals surface area (Å²) < 4.78 is 11.2. The van der Waals surface area contributed by atoms with Crippen LogP contribution in [0.5, 0.6) is 11.5 Å². The first-order chi connectivity index (χ1) is 15.1. The molecule has 0 spiro atoms. The van der Waals surface area contributed by atoms with Gasteiger partial charge in [0.1, 0.15) is 5.75 Å². The summed E-state index contributed by atoms with van der Waals surface area (Å²) in [4.78, 5) is 26.8. The number of nitrogens with one attached hydrogen (secondary N) is 2. The van der Waals surface area contributed by atoms with E-state index in [1.54, 1.807) is 12.1 Å². The van der Waals surface area contributed by atoms with Gasteiger partial charge in [0, 0.05) is 30.7 Å². The summed E-state index contributed by atoms with van der Waals surface area (Å²) in [7, 11) is 0. The third-order valence-electron chi connectivity index (χ3n) is 5.47. The highest BCUT2D eigenvalue weighted by molar-refractivity contribution is 6.31. The maximum atomic E-state index is 12.9. The monoisotopic (exact) mass is 479 g/mol. The lowest BCUT2D eigenvalue weighted by Gasteiger charge is -2.32. The van der Waals surface area contributed by atoms with Crippen LogP contribution in [0, 0.1) is 0 Å². The predicted octanol–water partition coefficient (Wildman–Crippen LogP) is 3.76. The first kappa shape index (κ1) is 24.2. The van der Waals surface area contributed by atoms with E-state index in [1.807, 2.05) is 30.3 Å². The van der Waals surface area contributed by atoms with Crippen LogP contribution < -0.4 is 20.1 Å². The van der Waals surface area contributed by atoms with Crippen molar-refractivity contribution in [2.24, 2.45) is 0 Å². The van der Waals surface area contributed by atoms with Crippen LogP contribution in [0.2, 0.25) is 5.02 Å². The number of rotatable bonds is 7. The van der Waals surface area contributed by atoms with Crippen molar-refractivity contribution < 1.29 is 19.1 Å². The largest absolute Gasteiger partial charge is 0.494 e. The fraction of sp³-hybridized carbons (Fsp3) is 0.391. The molecule has 2 amide bonds. The molecule has 7 nitrogen and oxygen atoms in total. The van der Waals surface area contributed by atoms with Gasteiger partial charge in [-0.2, -0.15) is 0 Å². The minimum Gasteiger partial charge on any atom is -0.494 e. The van der Waals surface area contributed by atoms with Crippen LogP contribution in [0.1, 0.15) is 29.6 Å². The Kier molecular flexibility index (Phi) is 8.61. The van der Waals surface area contributed by atoms with E-state index in [4.69, 9.17) is 21.1 Å². The van der Waals surface area contributed by atoms with E-state index in [1.165, 1.54) is 0 Å². The molecule has 0 aliphatic carbocycles. The van der Waals surface area contributed by atoms with Gasteiger partial charge in [-0.1, -0.05) is 29.8 Å². The molecule has 2 heterocycles. The van der Waals surface area contributed by atoms with E-state index in [-0.39, 0.29) is 36.9 Å². The summed E-state index contributed by atoms with van der Waals surface area (Å²) in [5.74, 6) is 0.778. The first-order valence-corrected chi connectivity index (χ1v) is 10.9. The molecule has 9 heteroatoms. The molecule has 0 bridgehead atoms. The highest BCUT2D eigenvalue weighted by Gasteiger charge is 2.26. The van der Waals surface area contributed by atoms with E-state index in [9.17, 15) is 9.59 Å². The highest BCUT2D eigenvalue weighted by atomic mass is 35.5.